The zero-order chi connectivity index (χ0) is 24.0. The number of carbonyl (C=O) groups excluding carboxylic acids is 1. The number of rotatable bonds is 7. The van der Waals surface area contributed by atoms with E-state index in [1.165, 1.54) is 24.2 Å². The first-order chi connectivity index (χ1) is 17.0. The summed E-state index contributed by atoms with van der Waals surface area (Å²) < 4.78 is 29.6. The summed E-state index contributed by atoms with van der Waals surface area (Å²) in [7, 11) is 0. The van der Waals surface area contributed by atoms with Crippen LogP contribution in [0.2, 0.25) is 0 Å². The van der Waals surface area contributed by atoms with Gasteiger partial charge in [-0.1, -0.05) is 12.8 Å². The molecule has 2 aliphatic carbocycles. The Morgan fingerprint density at radius 2 is 2.09 bits per heavy atom. The highest BCUT2D eigenvalue weighted by molar-refractivity contribution is 7.09. The predicted octanol–water partition coefficient (Wildman–Crippen LogP) is 4.88. The molecule has 3 aromatic heterocycles. The van der Waals surface area contributed by atoms with Gasteiger partial charge in [-0.3, -0.25) is 9.89 Å². The zero-order valence-corrected chi connectivity index (χ0v) is 20.1. The van der Waals surface area contributed by atoms with Crippen molar-refractivity contribution in [2.75, 3.05) is 16.8 Å². The number of alkyl halides is 2. The van der Waals surface area contributed by atoms with E-state index < -0.39 is 12.0 Å². The van der Waals surface area contributed by atoms with Crippen molar-refractivity contribution in [1.82, 2.24) is 25.1 Å². The van der Waals surface area contributed by atoms with E-state index in [-0.39, 0.29) is 36.7 Å². The number of anilines is 3. The molecule has 0 radical (unpaired) electrons. The molecule has 11 heteroatoms. The van der Waals surface area contributed by atoms with Crippen LogP contribution in [0.4, 0.5) is 26.4 Å². The molecule has 35 heavy (non-hydrogen) atoms. The van der Waals surface area contributed by atoms with Crippen LogP contribution in [-0.2, 0) is 23.6 Å². The minimum absolute atomic E-state index is 0.0105. The Morgan fingerprint density at radius 3 is 2.89 bits per heavy atom. The topological polar surface area (TPSA) is 99.7 Å². The molecular weight excluding hydrogens is 472 g/mol. The first kappa shape index (κ1) is 22.5. The van der Waals surface area contributed by atoms with Gasteiger partial charge in [-0.15, -0.1) is 11.3 Å². The molecule has 1 unspecified atom stereocenters. The lowest BCUT2D eigenvalue weighted by molar-refractivity contribution is -0.119. The van der Waals surface area contributed by atoms with Gasteiger partial charge in [-0.25, -0.2) is 9.97 Å². The monoisotopic (exact) mass is 499 g/mol. The number of Topliss-reactive ketones (excluding diaryl/α,β-unsaturated/α-hetero) is 1. The van der Waals surface area contributed by atoms with Crippen molar-refractivity contribution in [3.05, 3.63) is 39.6 Å². The van der Waals surface area contributed by atoms with E-state index in [0.717, 1.165) is 30.0 Å². The van der Waals surface area contributed by atoms with Crippen molar-refractivity contribution < 1.29 is 13.6 Å². The van der Waals surface area contributed by atoms with Crippen LogP contribution in [0.15, 0.2) is 17.6 Å². The average Bonchev–Trinajstić information content (AvgIpc) is 3.64. The van der Waals surface area contributed by atoms with Crippen molar-refractivity contribution >= 4 is 34.7 Å². The van der Waals surface area contributed by atoms with Crippen LogP contribution < -0.4 is 10.2 Å². The molecule has 0 amide bonds. The summed E-state index contributed by atoms with van der Waals surface area (Å²) in [6.45, 7) is 0.548. The summed E-state index contributed by atoms with van der Waals surface area (Å²) in [6, 6.07) is 1.51. The number of nitrogens with one attached hydrogen (secondary N) is 2. The predicted molar refractivity (Wildman–Crippen MR) is 129 cm³/mol. The Hall–Kier alpha value is -2.95. The smallest absolute Gasteiger partial charge is 0.290 e. The lowest BCUT2D eigenvalue weighted by atomic mass is 10.0. The van der Waals surface area contributed by atoms with Gasteiger partial charge in [0.1, 0.15) is 11.5 Å². The third kappa shape index (κ3) is 4.30. The Kier molecular flexibility index (Phi) is 5.74. The summed E-state index contributed by atoms with van der Waals surface area (Å²) in [6.07, 6.45) is 7.90. The maximum absolute atomic E-state index is 14.8. The molecule has 184 valence electrons. The summed E-state index contributed by atoms with van der Waals surface area (Å²) in [5.41, 5.74) is 1.25. The second-order valence-corrected chi connectivity index (χ2v) is 10.6. The second kappa shape index (κ2) is 8.92. The molecule has 6 rings (SSSR count). The highest BCUT2D eigenvalue weighted by Gasteiger charge is 2.44. The number of ketones is 1. The fourth-order valence-electron chi connectivity index (χ4n) is 5.56. The molecule has 1 atom stereocenters. The first-order valence-electron chi connectivity index (χ1n) is 12.3. The fraction of sp³-hybridized carbons (Fsp3) is 0.542. The SMILES string of the molecule is O=C(Cc1nccs1)C1CCCN1c1nc(Nc2cc(C3CCCC3)[nH]n2)c2c(n1)C(F)(F)CC2. The number of halogens is 2. The van der Waals surface area contributed by atoms with Gasteiger partial charge in [0.05, 0.1) is 17.5 Å². The molecule has 8 nitrogen and oxygen atoms in total. The molecule has 4 heterocycles. The Bertz CT molecular complexity index is 1220. The van der Waals surface area contributed by atoms with Crippen molar-refractivity contribution in [3.8, 4) is 0 Å². The Balaban J connectivity index is 1.30. The molecular formula is C24H27F2N7OS. The van der Waals surface area contributed by atoms with Gasteiger partial charge in [-0.2, -0.15) is 18.9 Å². The molecule has 0 aromatic carbocycles. The van der Waals surface area contributed by atoms with Gasteiger partial charge in [0, 0.05) is 47.8 Å². The van der Waals surface area contributed by atoms with Crippen LogP contribution >= 0.6 is 11.3 Å². The van der Waals surface area contributed by atoms with E-state index in [1.54, 1.807) is 11.1 Å². The number of hydrogen-bond acceptors (Lipinski definition) is 8. The van der Waals surface area contributed by atoms with Gasteiger partial charge in [-0.05, 0) is 32.1 Å². The van der Waals surface area contributed by atoms with Gasteiger partial charge in [0.25, 0.3) is 5.92 Å². The molecule has 1 saturated carbocycles. The van der Waals surface area contributed by atoms with Gasteiger partial charge in [0.15, 0.2) is 11.6 Å². The van der Waals surface area contributed by atoms with Crippen molar-refractivity contribution in [2.45, 2.75) is 75.7 Å². The third-order valence-corrected chi connectivity index (χ3v) is 8.14. The van der Waals surface area contributed by atoms with E-state index in [9.17, 15) is 13.6 Å². The quantitative estimate of drug-likeness (QED) is 0.478. The third-order valence-electron chi connectivity index (χ3n) is 7.36. The summed E-state index contributed by atoms with van der Waals surface area (Å²) in [5, 5.41) is 13.2. The van der Waals surface area contributed by atoms with E-state index in [4.69, 9.17) is 0 Å². The first-order valence-corrected chi connectivity index (χ1v) is 13.2. The number of fused-ring (bicyclic) bond motifs is 1. The Morgan fingerprint density at radius 1 is 1.23 bits per heavy atom. The largest absolute Gasteiger partial charge is 0.331 e. The minimum atomic E-state index is -3.02. The Labute approximate surface area is 205 Å². The van der Waals surface area contributed by atoms with E-state index >= 15 is 0 Å². The van der Waals surface area contributed by atoms with Gasteiger partial charge < -0.3 is 10.2 Å². The van der Waals surface area contributed by atoms with Gasteiger partial charge >= 0.3 is 0 Å². The highest BCUT2D eigenvalue weighted by Crippen LogP contribution is 2.44. The molecule has 0 bridgehead atoms. The van der Waals surface area contributed by atoms with E-state index in [1.807, 2.05) is 11.4 Å². The lowest BCUT2D eigenvalue weighted by Gasteiger charge is -2.25. The van der Waals surface area contributed by atoms with Gasteiger partial charge in [0.2, 0.25) is 5.95 Å². The lowest BCUT2D eigenvalue weighted by Crippen LogP contribution is -2.38. The maximum Gasteiger partial charge on any atom is 0.290 e. The van der Waals surface area contributed by atoms with Crippen molar-refractivity contribution in [1.29, 1.82) is 0 Å². The molecule has 2 fully saturated rings. The normalized spacial score (nSPS) is 21.5. The molecule has 3 aromatic rings. The summed E-state index contributed by atoms with van der Waals surface area (Å²) >= 11 is 1.44. The summed E-state index contributed by atoms with van der Waals surface area (Å²) in [5.74, 6) is -1.46. The molecule has 1 aliphatic heterocycles. The van der Waals surface area contributed by atoms with Crippen LogP contribution in [-0.4, -0.2) is 43.5 Å². The summed E-state index contributed by atoms with van der Waals surface area (Å²) in [4.78, 5) is 28.0. The van der Waals surface area contributed by atoms with Crippen LogP contribution in [0.25, 0.3) is 0 Å². The van der Waals surface area contributed by atoms with Crippen LogP contribution in [0.1, 0.15) is 72.8 Å². The van der Waals surface area contributed by atoms with E-state index in [2.05, 4.69) is 30.5 Å². The van der Waals surface area contributed by atoms with Crippen molar-refractivity contribution in [2.24, 2.45) is 0 Å². The van der Waals surface area contributed by atoms with E-state index in [0.29, 0.717) is 36.1 Å². The molecule has 2 N–H and O–H groups in total. The van der Waals surface area contributed by atoms with Crippen LogP contribution in [0.3, 0.4) is 0 Å². The molecule has 1 saturated heterocycles. The molecule has 3 aliphatic rings. The fourth-order valence-corrected chi connectivity index (χ4v) is 6.19. The number of carbonyl (C=O) groups is 1. The zero-order valence-electron chi connectivity index (χ0n) is 19.3. The number of H-pyrrole nitrogens is 1. The number of nitrogens with zero attached hydrogens (tertiary/aromatic N) is 5. The average molecular weight is 500 g/mol. The standard InChI is InChI=1S/C24H27F2N7OS/c25-24(26)8-7-15-21(24)29-23(33-10-3-6-17(33)18(34)13-20-27-9-11-35-20)30-22(15)28-19-12-16(31-32-19)14-4-1-2-5-14/h9,11-12,14,17H,1-8,10,13H2,(H2,28,29,30,31,32). The van der Waals surface area contributed by atoms with Crippen LogP contribution in [0, 0.1) is 0 Å². The number of thiazole rings is 1. The second-order valence-electron chi connectivity index (χ2n) is 9.64. The molecule has 0 spiro atoms. The van der Waals surface area contributed by atoms with Crippen LogP contribution in [0.5, 0.6) is 0 Å². The maximum atomic E-state index is 14.8. The minimum Gasteiger partial charge on any atom is -0.331 e. The van der Waals surface area contributed by atoms with Crippen molar-refractivity contribution in [3.63, 3.8) is 0 Å². The number of aromatic nitrogens is 5. The highest BCUT2D eigenvalue weighted by atomic mass is 32.1. The number of aromatic amines is 1. The number of hydrogen-bond donors (Lipinski definition) is 2.